The molecule has 0 bridgehead atoms. The minimum Gasteiger partial charge on any atom is -0.377 e. The summed E-state index contributed by atoms with van der Waals surface area (Å²) in [6.07, 6.45) is 8.02. The zero-order valence-electron chi connectivity index (χ0n) is 21.7. The minimum atomic E-state index is -0.298. The van der Waals surface area contributed by atoms with Gasteiger partial charge in [-0.3, -0.25) is 9.99 Å². The normalized spacial score (nSPS) is 18.9. The van der Waals surface area contributed by atoms with Crippen molar-refractivity contribution in [2.24, 2.45) is 5.41 Å². The molecule has 2 heterocycles. The van der Waals surface area contributed by atoms with Crippen molar-refractivity contribution >= 4 is 33.9 Å². The van der Waals surface area contributed by atoms with Crippen LogP contribution in [0, 0.1) is 22.6 Å². The quantitative estimate of drug-likeness (QED) is 0.281. The molecule has 0 saturated heterocycles. The summed E-state index contributed by atoms with van der Waals surface area (Å²) >= 11 is 6.78. The average Bonchev–Trinajstić information content (AvgIpc) is 3.82. The molecule has 2 aromatic carbocycles. The number of nitrogens with one attached hydrogen (secondary N) is 4. The summed E-state index contributed by atoms with van der Waals surface area (Å²) in [6.45, 7) is 6.66. The van der Waals surface area contributed by atoms with Crippen molar-refractivity contribution in [3.8, 4) is 6.07 Å². The molecule has 9 heteroatoms. The van der Waals surface area contributed by atoms with E-state index in [1.54, 1.807) is 18.3 Å². The Balaban J connectivity index is 1.42. The lowest BCUT2D eigenvalue weighted by Crippen LogP contribution is -2.38. The lowest BCUT2D eigenvalue weighted by atomic mass is 9.83. The molecule has 38 heavy (non-hydrogen) atoms. The second-order valence-electron chi connectivity index (χ2n) is 11.6. The van der Waals surface area contributed by atoms with E-state index in [1.165, 1.54) is 12.1 Å². The maximum Gasteiger partial charge on any atom is 0.123 e. The Morgan fingerprint density at radius 1 is 1.21 bits per heavy atom. The predicted molar refractivity (Wildman–Crippen MR) is 148 cm³/mol. The maximum absolute atomic E-state index is 13.8. The Bertz CT molecular complexity index is 1460. The summed E-state index contributed by atoms with van der Waals surface area (Å²) in [5.41, 5.74) is 10.9. The van der Waals surface area contributed by atoms with Gasteiger partial charge in [-0.05, 0) is 60.9 Å². The Hall–Kier alpha value is -3.54. The van der Waals surface area contributed by atoms with Crippen LogP contribution in [0.1, 0.15) is 63.6 Å². The monoisotopic (exact) mass is 531 g/mol. The third-order valence-electron chi connectivity index (χ3n) is 7.97. The third kappa shape index (κ3) is 4.50. The van der Waals surface area contributed by atoms with Crippen LogP contribution in [0.3, 0.4) is 0 Å². The predicted octanol–water partition coefficient (Wildman–Crippen LogP) is 6.37. The first kappa shape index (κ1) is 24.8. The van der Waals surface area contributed by atoms with Crippen LogP contribution in [-0.2, 0) is 0 Å². The molecule has 1 unspecified atom stereocenters. The van der Waals surface area contributed by atoms with Crippen molar-refractivity contribution < 1.29 is 4.39 Å². The van der Waals surface area contributed by atoms with Gasteiger partial charge in [-0.2, -0.15) is 5.26 Å². The van der Waals surface area contributed by atoms with Gasteiger partial charge in [0, 0.05) is 35.1 Å². The zero-order chi connectivity index (χ0) is 26.7. The summed E-state index contributed by atoms with van der Waals surface area (Å²) in [7, 11) is 0. The van der Waals surface area contributed by atoms with E-state index in [0.717, 1.165) is 53.7 Å². The van der Waals surface area contributed by atoms with Crippen molar-refractivity contribution in [3.63, 3.8) is 0 Å². The Kier molecular flexibility index (Phi) is 5.89. The van der Waals surface area contributed by atoms with E-state index in [4.69, 9.17) is 11.6 Å². The molecule has 2 fully saturated rings. The minimum absolute atomic E-state index is 0.0176. The van der Waals surface area contributed by atoms with Gasteiger partial charge in [0.25, 0.3) is 0 Å². The average molecular weight is 532 g/mol. The van der Waals surface area contributed by atoms with E-state index >= 15 is 0 Å². The summed E-state index contributed by atoms with van der Waals surface area (Å²) in [6, 6.07) is 12.8. The van der Waals surface area contributed by atoms with Crippen LogP contribution in [-0.4, -0.2) is 21.6 Å². The molecule has 0 spiro atoms. The van der Waals surface area contributed by atoms with Crippen LogP contribution in [0.15, 0.2) is 54.5 Å². The van der Waals surface area contributed by atoms with Gasteiger partial charge in [0.05, 0.1) is 33.5 Å². The number of fused-ring (bicyclic) bond motifs is 1. The van der Waals surface area contributed by atoms with Gasteiger partial charge in [-0.25, -0.2) is 4.39 Å². The number of hydrazine groups is 2. The molecular weight excluding hydrogens is 501 g/mol. The number of halogens is 2. The molecule has 7 nitrogen and oxygen atoms in total. The Morgan fingerprint density at radius 3 is 2.58 bits per heavy atom. The van der Waals surface area contributed by atoms with Gasteiger partial charge in [0.15, 0.2) is 0 Å². The zero-order valence-corrected chi connectivity index (χ0v) is 22.5. The van der Waals surface area contributed by atoms with E-state index < -0.39 is 0 Å². The topological polar surface area (TPSA) is 88.0 Å². The molecule has 0 amide bonds. The molecular formula is C29H31ClFN7. The second-order valence-corrected chi connectivity index (χ2v) is 12.0. The van der Waals surface area contributed by atoms with E-state index in [0.29, 0.717) is 22.1 Å². The molecule has 196 valence electrons. The molecule has 2 aliphatic carbocycles. The first-order chi connectivity index (χ1) is 18.2. The number of anilines is 2. The van der Waals surface area contributed by atoms with Gasteiger partial charge in [0.1, 0.15) is 11.9 Å². The number of hydrogen-bond donors (Lipinski definition) is 4. The molecule has 3 aromatic rings. The fraction of sp³-hybridized carbons (Fsp3) is 0.379. The van der Waals surface area contributed by atoms with E-state index in [9.17, 15) is 9.65 Å². The lowest BCUT2D eigenvalue weighted by Gasteiger charge is -2.33. The highest BCUT2D eigenvalue weighted by Gasteiger charge is 2.52. The number of benzene rings is 2. The maximum atomic E-state index is 13.8. The third-order valence-corrected chi connectivity index (χ3v) is 8.26. The SMILES string of the molecule is CC(C)(C)C1(Nc2c(C#N)cnc3c(Cl)cc(NC(C4=CN(C5CC5)NN4)c4ccc(F)cc4)cc23)CC1. The van der Waals surface area contributed by atoms with Gasteiger partial charge in [-0.1, -0.05) is 44.5 Å². The number of hydrogen-bond acceptors (Lipinski definition) is 7. The van der Waals surface area contributed by atoms with Crippen LogP contribution < -0.4 is 21.6 Å². The van der Waals surface area contributed by atoms with Crippen LogP contribution in [0.4, 0.5) is 15.8 Å². The van der Waals surface area contributed by atoms with Crippen molar-refractivity contribution in [3.05, 3.63) is 76.5 Å². The Morgan fingerprint density at radius 2 is 1.95 bits per heavy atom. The number of pyridine rings is 1. The van der Waals surface area contributed by atoms with E-state index in [2.05, 4.69) is 64.6 Å². The Labute approximate surface area is 227 Å². The molecule has 1 aromatic heterocycles. The highest BCUT2D eigenvalue weighted by Crippen LogP contribution is 2.53. The molecule has 1 atom stereocenters. The first-order valence-corrected chi connectivity index (χ1v) is 13.4. The van der Waals surface area contributed by atoms with Crippen molar-refractivity contribution in [1.29, 1.82) is 5.26 Å². The standard InChI is InChI=1S/C29H31ClFN7/c1-28(2,3)29(10-11-29)35-25-18(14-32)15-33-27-22(25)12-20(13-23(27)30)34-26(17-4-6-19(31)7-5-17)24-16-38(37-36-24)21-8-9-21/h4-7,12-13,15-16,21,26,34,36-37H,8-11H2,1-3H3,(H,33,35). The summed E-state index contributed by atoms with van der Waals surface area (Å²) in [5.74, 6) is -0.286. The number of rotatable bonds is 7. The van der Waals surface area contributed by atoms with Crippen LogP contribution in [0.25, 0.3) is 10.9 Å². The fourth-order valence-electron chi connectivity index (χ4n) is 5.19. The van der Waals surface area contributed by atoms with Crippen LogP contribution in [0.5, 0.6) is 0 Å². The van der Waals surface area contributed by atoms with Gasteiger partial charge >= 0.3 is 0 Å². The van der Waals surface area contributed by atoms with Gasteiger partial charge < -0.3 is 16.1 Å². The summed E-state index contributed by atoms with van der Waals surface area (Å²) in [5, 5.41) is 20.6. The molecule has 3 aliphatic rings. The molecule has 4 N–H and O–H groups in total. The fourth-order valence-corrected chi connectivity index (χ4v) is 5.46. The molecule has 2 saturated carbocycles. The first-order valence-electron chi connectivity index (χ1n) is 13.0. The summed E-state index contributed by atoms with van der Waals surface area (Å²) < 4.78 is 13.8. The van der Waals surface area contributed by atoms with Crippen molar-refractivity contribution in [2.45, 2.75) is 64.1 Å². The van der Waals surface area contributed by atoms with Gasteiger partial charge in [0.2, 0.25) is 0 Å². The molecule has 6 rings (SSSR count). The molecule has 0 radical (unpaired) electrons. The number of aromatic nitrogens is 1. The largest absolute Gasteiger partial charge is 0.377 e. The van der Waals surface area contributed by atoms with E-state index in [-0.39, 0.29) is 22.8 Å². The van der Waals surface area contributed by atoms with E-state index in [1.807, 2.05) is 12.1 Å². The number of nitriles is 1. The highest BCUT2D eigenvalue weighted by molar-refractivity contribution is 6.35. The summed E-state index contributed by atoms with van der Waals surface area (Å²) in [4.78, 5) is 4.52. The second kappa shape index (κ2) is 9.04. The van der Waals surface area contributed by atoms with Crippen LogP contribution >= 0.6 is 11.6 Å². The molecule has 1 aliphatic heterocycles. The smallest absolute Gasteiger partial charge is 0.123 e. The highest BCUT2D eigenvalue weighted by atomic mass is 35.5. The van der Waals surface area contributed by atoms with Crippen molar-refractivity contribution in [1.82, 2.24) is 21.0 Å². The van der Waals surface area contributed by atoms with Crippen molar-refractivity contribution in [2.75, 3.05) is 10.6 Å². The van der Waals surface area contributed by atoms with Gasteiger partial charge in [-0.15, -0.1) is 5.53 Å². The lowest BCUT2D eigenvalue weighted by molar-refractivity contribution is 0.260. The van der Waals surface area contributed by atoms with Crippen LogP contribution in [0.2, 0.25) is 5.02 Å². The number of nitrogens with zero attached hydrogens (tertiary/aromatic N) is 3.